The van der Waals surface area contributed by atoms with Crippen molar-refractivity contribution in [2.24, 2.45) is 10.9 Å². The van der Waals surface area contributed by atoms with E-state index in [2.05, 4.69) is 27.4 Å². The Kier molecular flexibility index (Phi) is 5.69. The minimum absolute atomic E-state index is 0.258. The summed E-state index contributed by atoms with van der Waals surface area (Å²) in [6.45, 7) is 10.1. The molecule has 0 amide bonds. The number of hydrogen-bond donors (Lipinski definition) is 3. The number of nitrogens with zero attached hydrogens (tertiary/aromatic N) is 2. The molecule has 1 aromatic rings. The van der Waals surface area contributed by atoms with Gasteiger partial charge in [-0.25, -0.2) is 4.99 Å². The van der Waals surface area contributed by atoms with Crippen molar-refractivity contribution in [3.05, 3.63) is 23.7 Å². The Hall–Kier alpha value is -1.53. The van der Waals surface area contributed by atoms with Crippen LogP contribution in [0.15, 0.2) is 21.5 Å². The molecule has 6 heteroatoms. The minimum Gasteiger partial charge on any atom is -0.463 e. The number of aliphatic hydroxyl groups is 1. The van der Waals surface area contributed by atoms with Crippen LogP contribution >= 0.6 is 0 Å². The van der Waals surface area contributed by atoms with Gasteiger partial charge in [0.1, 0.15) is 17.1 Å². The Bertz CT molecular complexity index is 592. The van der Waals surface area contributed by atoms with Crippen molar-refractivity contribution < 1.29 is 9.52 Å². The third-order valence-electron chi connectivity index (χ3n) is 5.10. The van der Waals surface area contributed by atoms with Gasteiger partial charge in [-0.1, -0.05) is 0 Å². The quantitative estimate of drug-likeness (QED) is 0.518. The van der Waals surface area contributed by atoms with E-state index in [1.807, 2.05) is 19.1 Å². The van der Waals surface area contributed by atoms with Crippen molar-refractivity contribution in [2.75, 3.05) is 32.7 Å². The average molecular weight is 348 g/mol. The summed E-state index contributed by atoms with van der Waals surface area (Å²) in [6.07, 6.45) is 4.02. The number of likely N-dealkylation sites (tertiary alicyclic amines) is 1. The summed E-state index contributed by atoms with van der Waals surface area (Å²) in [7, 11) is 0. The topological polar surface area (TPSA) is 73.0 Å². The first-order chi connectivity index (χ1) is 12.0. The third kappa shape index (κ3) is 4.98. The van der Waals surface area contributed by atoms with Gasteiger partial charge in [-0.3, -0.25) is 0 Å². The lowest BCUT2D eigenvalue weighted by Crippen LogP contribution is -2.41. The van der Waals surface area contributed by atoms with E-state index < -0.39 is 5.60 Å². The second-order valence-electron chi connectivity index (χ2n) is 7.64. The van der Waals surface area contributed by atoms with E-state index in [-0.39, 0.29) is 6.54 Å². The number of nitrogens with one attached hydrogen (secondary N) is 2. The summed E-state index contributed by atoms with van der Waals surface area (Å²) in [5.41, 5.74) is -1.10. The number of hydrogen-bond acceptors (Lipinski definition) is 4. The summed E-state index contributed by atoms with van der Waals surface area (Å²) in [4.78, 5) is 7.19. The van der Waals surface area contributed by atoms with E-state index in [9.17, 15) is 5.11 Å². The van der Waals surface area contributed by atoms with E-state index in [4.69, 9.17) is 4.42 Å². The highest BCUT2D eigenvalue weighted by Crippen LogP contribution is 2.31. The van der Waals surface area contributed by atoms with Crippen molar-refractivity contribution in [3.63, 3.8) is 0 Å². The molecule has 1 aromatic heterocycles. The first kappa shape index (κ1) is 18.3. The first-order valence-electron chi connectivity index (χ1n) is 9.53. The van der Waals surface area contributed by atoms with Crippen LogP contribution < -0.4 is 10.6 Å². The van der Waals surface area contributed by atoms with Crippen LogP contribution in [0, 0.1) is 12.8 Å². The van der Waals surface area contributed by atoms with Crippen LogP contribution in [0.1, 0.15) is 44.6 Å². The Morgan fingerprint density at radius 3 is 2.80 bits per heavy atom. The van der Waals surface area contributed by atoms with Gasteiger partial charge >= 0.3 is 0 Å². The van der Waals surface area contributed by atoms with Crippen molar-refractivity contribution in [1.82, 2.24) is 15.5 Å². The number of rotatable bonds is 7. The highest BCUT2D eigenvalue weighted by atomic mass is 16.4. The molecule has 0 bridgehead atoms. The van der Waals surface area contributed by atoms with E-state index in [0.29, 0.717) is 11.7 Å². The van der Waals surface area contributed by atoms with Gasteiger partial charge < -0.3 is 25.1 Å². The molecular formula is C19H32N4O2. The van der Waals surface area contributed by atoms with Crippen LogP contribution in [0.25, 0.3) is 0 Å². The van der Waals surface area contributed by atoms with Crippen LogP contribution in [0.3, 0.4) is 0 Å². The van der Waals surface area contributed by atoms with Gasteiger partial charge in [0, 0.05) is 25.7 Å². The van der Waals surface area contributed by atoms with Crippen molar-refractivity contribution >= 4 is 5.96 Å². The van der Waals surface area contributed by atoms with Gasteiger partial charge in [0.05, 0.1) is 6.54 Å². The molecule has 0 aromatic carbocycles. The molecule has 1 saturated carbocycles. The maximum atomic E-state index is 10.6. The molecule has 2 aliphatic rings. The molecule has 1 aliphatic heterocycles. The fourth-order valence-corrected chi connectivity index (χ4v) is 3.42. The predicted octanol–water partition coefficient (Wildman–Crippen LogP) is 1.83. The Morgan fingerprint density at radius 2 is 2.16 bits per heavy atom. The summed E-state index contributed by atoms with van der Waals surface area (Å²) in [6, 6.07) is 4.54. The highest BCUT2D eigenvalue weighted by Gasteiger charge is 2.34. The van der Waals surface area contributed by atoms with E-state index in [0.717, 1.165) is 30.9 Å². The highest BCUT2D eigenvalue weighted by molar-refractivity contribution is 5.79. The zero-order chi connectivity index (χ0) is 17.9. The molecule has 140 valence electrons. The van der Waals surface area contributed by atoms with Gasteiger partial charge in [0.15, 0.2) is 5.96 Å². The number of guanidine groups is 1. The zero-order valence-electron chi connectivity index (χ0n) is 15.7. The lowest BCUT2D eigenvalue weighted by Gasteiger charge is -2.20. The van der Waals surface area contributed by atoms with Gasteiger partial charge in [0.25, 0.3) is 0 Å². The van der Waals surface area contributed by atoms with Gasteiger partial charge in [-0.2, -0.15) is 0 Å². The maximum Gasteiger partial charge on any atom is 0.191 e. The molecule has 1 saturated heterocycles. The molecule has 6 nitrogen and oxygen atoms in total. The number of aliphatic imine (C=N–C) groups is 1. The molecule has 3 rings (SSSR count). The van der Waals surface area contributed by atoms with Crippen molar-refractivity contribution in [2.45, 2.75) is 51.7 Å². The van der Waals surface area contributed by atoms with Crippen molar-refractivity contribution in [3.8, 4) is 0 Å². The Labute approximate surface area is 150 Å². The van der Waals surface area contributed by atoms with E-state index >= 15 is 0 Å². The number of aryl methyl sites for hydroxylation is 1. The minimum atomic E-state index is -1.10. The van der Waals surface area contributed by atoms with Gasteiger partial charge in [0.2, 0.25) is 0 Å². The molecule has 0 radical (unpaired) electrons. The average Bonchev–Trinajstić information content (AvgIpc) is 3.15. The molecular weight excluding hydrogens is 316 g/mol. The fourth-order valence-electron chi connectivity index (χ4n) is 3.42. The second-order valence-corrected chi connectivity index (χ2v) is 7.64. The van der Waals surface area contributed by atoms with E-state index in [1.165, 1.54) is 32.4 Å². The summed E-state index contributed by atoms with van der Waals surface area (Å²) < 4.78 is 5.56. The van der Waals surface area contributed by atoms with Crippen molar-refractivity contribution in [1.29, 1.82) is 0 Å². The largest absolute Gasteiger partial charge is 0.463 e. The standard InChI is InChI=1S/C19H32N4O2/c1-4-20-18(21-11-15-9-10-23(12-15)16-6-7-16)22-13-19(3,24)17-8-5-14(2)25-17/h5,8,15-16,24H,4,6-7,9-13H2,1-3H3,(H2,20,21,22). The second kappa shape index (κ2) is 7.79. The Morgan fingerprint density at radius 1 is 1.36 bits per heavy atom. The summed E-state index contributed by atoms with van der Waals surface area (Å²) in [5, 5.41) is 17.3. The SMILES string of the molecule is CCNC(=NCC(C)(O)c1ccc(C)o1)NCC1CCN(C2CC2)C1. The zero-order valence-corrected chi connectivity index (χ0v) is 15.7. The molecule has 2 heterocycles. The van der Waals surface area contributed by atoms with Gasteiger partial charge in [-0.15, -0.1) is 0 Å². The molecule has 2 atom stereocenters. The fraction of sp³-hybridized carbons (Fsp3) is 0.737. The predicted molar refractivity (Wildman–Crippen MR) is 99.7 cm³/mol. The third-order valence-corrected chi connectivity index (χ3v) is 5.10. The van der Waals surface area contributed by atoms with Crippen LogP contribution in [-0.4, -0.2) is 54.7 Å². The smallest absolute Gasteiger partial charge is 0.191 e. The lowest BCUT2D eigenvalue weighted by molar-refractivity contribution is 0.0428. The summed E-state index contributed by atoms with van der Waals surface area (Å²) >= 11 is 0. The number of furan rings is 1. The van der Waals surface area contributed by atoms with Gasteiger partial charge in [-0.05, 0) is 64.6 Å². The van der Waals surface area contributed by atoms with Crippen LogP contribution in [-0.2, 0) is 5.60 Å². The van der Waals surface area contributed by atoms with Crippen LogP contribution in [0.2, 0.25) is 0 Å². The molecule has 1 aliphatic carbocycles. The Balaban J connectivity index is 1.52. The molecule has 2 unspecified atom stereocenters. The monoisotopic (exact) mass is 348 g/mol. The molecule has 3 N–H and O–H groups in total. The van der Waals surface area contributed by atoms with Crippen LogP contribution in [0.5, 0.6) is 0 Å². The lowest BCUT2D eigenvalue weighted by atomic mass is 10.0. The molecule has 0 spiro atoms. The first-order valence-corrected chi connectivity index (χ1v) is 9.53. The van der Waals surface area contributed by atoms with E-state index in [1.54, 1.807) is 6.92 Å². The molecule has 2 fully saturated rings. The maximum absolute atomic E-state index is 10.6. The molecule has 25 heavy (non-hydrogen) atoms. The summed E-state index contributed by atoms with van der Waals surface area (Å²) in [5.74, 6) is 2.79. The van der Waals surface area contributed by atoms with Crippen LogP contribution in [0.4, 0.5) is 0 Å². The normalized spacial score (nSPS) is 24.3.